The van der Waals surface area contributed by atoms with Crippen LogP contribution in [0.15, 0.2) is 24.3 Å². The number of phenolic OH excluding ortho intramolecular Hbond substituents is 1. The van der Waals surface area contributed by atoms with E-state index in [4.69, 9.17) is 4.74 Å². The number of phenols is 1. The number of aryl methyl sites for hydroxylation is 2. The summed E-state index contributed by atoms with van der Waals surface area (Å²) in [5.41, 5.74) is 3.16. The summed E-state index contributed by atoms with van der Waals surface area (Å²) >= 11 is 0. The lowest BCUT2D eigenvalue weighted by Crippen LogP contribution is -2.34. The fourth-order valence-electron chi connectivity index (χ4n) is 2.37. The van der Waals surface area contributed by atoms with E-state index in [2.05, 4.69) is 15.7 Å². The first-order valence-electron chi connectivity index (χ1n) is 8.02. The molecule has 0 aliphatic carbocycles. The van der Waals surface area contributed by atoms with Gasteiger partial charge in [-0.1, -0.05) is 0 Å². The van der Waals surface area contributed by atoms with Gasteiger partial charge in [0.05, 0.1) is 17.1 Å². The van der Waals surface area contributed by atoms with E-state index < -0.39 is 6.10 Å². The average Bonchev–Trinajstić information content (AvgIpc) is 2.80. The summed E-state index contributed by atoms with van der Waals surface area (Å²) in [4.78, 5) is 0. The summed E-state index contributed by atoms with van der Waals surface area (Å²) in [6.45, 7) is 6.13. The molecule has 0 bridgehead atoms. The molecule has 0 saturated carbocycles. The molecule has 4 N–H and O–H groups in total. The molecule has 0 amide bonds. The predicted molar refractivity (Wildman–Crippen MR) is 93.7 cm³/mol. The molecule has 0 aliphatic rings. The minimum absolute atomic E-state index is 0.191. The fraction of sp³-hybridized carbons (Fsp3) is 0.471. The standard InChI is InChI=1S/C17H26N4O3/c1-12-17(13(2)21(3)20-12)19-9-8-18-10-15(23)11-24-16-6-4-14(22)5-7-16/h4-7,15,18-19,22-23H,8-11H2,1-3H3. The number of ether oxygens (including phenoxy) is 1. The highest BCUT2D eigenvalue weighted by molar-refractivity contribution is 5.51. The first-order chi connectivity index (χ1) is 11.5. The molecule has 132 valence electrons. The molecule has 1 aromatic heterocycles. The monoisotopic (exact) mass is 334 g/mol. The van der Waals surface area contributed by atoms with E-state index in [-0.39, 0.29) is 12.4 Å². The van der Waals surface area contributed by atoms with Gasteiger partial charge in [0.25, 0.3) is 0 Å². The fourth-order valence-corrected chi connectivity index (χ4v) is 2.37. The molecular formula is C17H26N4O3. The first kappa shape index (κ1) is 18.1. The number of benzene rings is 1. The topological polar surface area (TPSA) is 91.6 Å². The third-order valence-electron chi connectivity index (χ3n) is 3.77. The van der Waals surface area contributed by atoms with Gasteiger partial charge in [-0.05, 0) is 38.1 Å². The van der Waals surface area contributed by atoms with E-state index in [0.29, 0.717) is 12.3 Å². The van der Waals surface area contributed by atoms with Gasteiger partial charge in [-0.2, -0.15) is 5.10 Å². The summed E-state index contributed by atoms with van der Waals surface area (Å²) in [6.07, 6.45) is -0.597. The van der Waals surface area contributed by atoms with E-state index in [1.807, 2.05) is 25.6 Å². The van der Waals surface area contributed by atoms with Crippen LogP contribution in [-0.4, -0.2) is 52.3 Å². The molecule has 1 heterocycles. The van der Waals surface area contributed by atoms with Crippen molar-refractivity contribution in [3.05, 3.63) is 35.7 Å². The average molecular weight is 334 g/mol. The second kappa shape index (κ2) is 8.56. The van der Waals surface area contributed by atoms with Crippen molar-refractivity contribution in [2.45, 2.75) is 20.0 Å². The van der Waals surface area contributed by atoms with Gasteiger partial charge in [-0.25, -0.2) is 0 Å². The van der Waals surface area contributed by atoms with E-state index in [1.54, 1.807) is 24.3 Å². The van der Waals surface area contributed by atoms with Crippen LogP contribution in [0.1, 0.15) is 11.4 Å². The van der Waals surface area contributed by atoms with Crippen molar-refractivity contribution in [1.29, 1.82) is 0 Å². The maximum absolute atomic E-state index is 9.90. The number of hydrogen-bond acceptors (Lipinski definition) is 6. The molecule has 7 heteroatoms. The second-order valence-electron chi connectivity index (χ2n) is 5.76. The van der Waals surface area contributed by atoms with Gasteiger partial charge >= 0.3 is 0 Å². The number of nitrogens with one attached hydrogen (secondary N) is 2. The molecule has 0 fully saturated rings. The highest BCUT2D eigenvalue weighted by Gasteiger charge is 2.08. The van der Waals surface area contributed by atoms with Crippen LogP contribution in [0.3, 0.4) is 0 Å². The third kappa shape index (κ3) is 5.14. The molecule has 0 radical (unpaired) electrons. The van der Waals surface area contributed by atoms with Crippen LogP contribution in [0, 0.1) is 13.8 Å². The molecule has 1 aromatic carbocycles. The Morgan fingerprint density at radius 2 is 1.92 bits per heavy atom. The summed E-state index contributed by atoms with van der Waals surface area (Å²) in [5, 5.41) is 30.0. The van der Waals surface area contributed by atoms with E-state index in [0.717, 1.165) is 30.2 Å². The largest absolute Gasteiger partial charge is 0.508 e. The van der Waals surface area contributed by atoms with Crippen LogP contribution >= 0.6 is 0 Å². The predicted octanol–water partition coefficient (Wildman–Crippen LogP) is 1.18. The minimum atomic E-state index is -0.597. The van der Waals surface area contributed by atoms with Crippen LogP contribution in [0.5, 0.6) is 11.5 Å². The van der Waals surface area contributed by atoms with Gasteiger partial charge < -0.3 is 25.6 Å². The van der Waals surface area contributed by atoms with Gasteiger partial charge in [0.2, 0.25) is 0 Å². The Hall–Kier alpha value is -2.25. The van der Waals surface area contributed by atoms with Gasteiger partial charge in [-0.3, -0.25) is 4.68 Å². The molecule has 2 rings (SSSR count). The van der Waals surface area contributed by atoms with Crippen molar-refractivity contribution in [2.75, 3.05) is 31.6 Å². The van der Waals surface area contributed by atoms with E-state index in [1.165, 1.54) is 0 Å². The Kier molecular flexibility index (Phi) is 6.45. The molecule has 1 unspecified atom stereocenters. The van der Waals surface area contributed by atoms with Crippen LogP contribution in [0.25, 0.3) is 0 Å². The van der Waals surface area contributed by atoms with Gasteiger partial charge in [0.15, 0.2) is 0 Å². The Bertz CT molecular complexity index is 640. The molecule has 24 heavy (non-hydrogen) atoms. The number of aliphatic hydroxyl groups excluding tert-OH is 1. The lowest BCUT2D eigenvalue weighted by molar-refractivity contribution is 0.107. The van der Waals surface area contributed by atoms with Crippen molar-refractivity contribution < 1.29 is 14.9 Å². The van der Waals surface area contributed by atoms with E-state index >= 15 is 0 Å². The van der Waals surface area contributed by atoms with E-state index in [9.17, 15) is 10.2 Å². The summed E-state index contributed by atoms with van der Waals surface area (Å²) in [6, 6.07) is 6.43. The van der Waals surface area contributed by atoms with Crippen molar-refractivity contribution in [2.24, 2.45) is 7.05 Å². The van der Waals surface area contributed by atoms with Crippen LogP contribution in [-0.2, 0) is 7.05 Å². The molecule has 1 atom stereocenters. The van der Waals surface area contributed by atoms with Gasteiger partial charge in [-0.15, -0.1) is 0 Å². The number of anilines is 1. The van der Waals surface area contributed by atoms with Gasteiger partial charge in [0.1, 0.15) is 24.2 Å². The molecule has 2 aromatic rings. The molecular weight excluding hydrogens is 308 g/mol. The zero-order valence-corrected chi connectivity index (χ0v) is 14.4. The van der Waals surface area contributed by atoms with Crippen molar-refractivity contribution in [3.63, 3.8) is 0 Å². The van der Waals surface area contributed by atoms with Crippen molar-refractivity contribution in [1.82, 2.24) is 15.1 Å². The lowest BCUT2D eigenvalue weighted by atomic mass is 10.3. The van der Waals surface area contributed by atoms with Crippen LogP contribution in [0.4, 0.5) is 5.69 Å². The quantitative estimate of drug-likeness (QED) is 0.515. The Morgan fingerprint density at radius 3 is 2.54 bits per heavy atom. The second-order valence-corrected chi connectivity index (χ2v) is 5.76. The highest BCUT2D eigenvalue weighted by Crippen LogP contribution is 2.17. The smallest absolute Gasteiger partial charge is 0.119 e. The number of rotatable bonds is 9. The molecule has 0 saturated heterocycles. The van der Waals surface area contributed by atoms with Crippen LogP contribution in [0.2, 0.25) is 0 Å². The third-order valence-corrected chi connectivity index (χ3v) is 3.77. The zero-order valence-electron chi connectivity index (χ0n) is 14.4. The van der Waals surface area contributed by atoms with Crippen LogP contribution < -0.4 is 15.4 Å². The number of aromatic nitrogens is 2. The Balaban J connectivity index is 1.60. The summed E-state index contributed by atoms with van der Waals surface area (Å²) in [7, 11) is 1.93. The summed E-state index contributed by atoms with van der Waals surface area (Å²) in [5.74, 6) is 0.812. The molecule has 0 aliphatic heterocycles. The molecule has 7 nitrogen and oxygen atoms in total. The number of aromatic hydroxyl groups is 1. The Labute approximate surface area is 142 Å². The number of aliphatic hydroxyl groups is 1. The first-order valence-corrected chi connectivity index (χ1v) is 8.02. The minimum Gasteiger partial charge on any atom is -0.508 e. The maximum atomic E-state index is 9.90. The van der Waals surface area contributed by atoms with Gasteiger partial charge in [0, 0.05) is 26.7 Å². The summed E-state index contributed by atoms with van der Waals surface area (Å²) < 4.78 is 7.31. The highest BCUT2D eigenvalue weighted by atomic mass is 16.5. The zero-order chi connectivity index (χ0) is 17.5. The number of hydrogen-bond donors (Lipinski definition) is 4. The van der Waals surface area contributed by atoms with Crippen molar-refractivity contribution >= 4 is 5.69 Å². The SMILES string of the molecule is Cc1nn(C)c(C)c1NCCNCC(O)COc1ccc(O)cc1. The molecule has 0 spiro atoms. The Morgan fingerprint density at radius 1 is 1.21 bits per heavy atom. The normalized spacial score (nSPS) is 12.2. The number of nitrogens with zero attached hydrogens (tertiary/aromatic N) is 2. The lowest BCUT2D eigenvalue weighted by Gasteiger charge is -2.14. The maximum Gasteiger partial charge on any atom is 0.119 e. The van der Waals surface area contributed by atoms with Crippen molar-refractivity contribution in [3.8, 4) is 11.5 Å².